The fourth-order valence-electron chi connectivity index (χ4n) is 4.13. The number of carbonyl (C=O) groups is 2. The number of para-hydroxylation sites is 1. The SMILES string of the molecule is COC(=O)c1nc2n(n1)-c1ccccc1C(=O)N(Cc1ccccc1)C2c1ccc(C)cc1. The topological polar surface area (TPSA) is 77.3 Å². The number of hydrogen-bond donors (Lipinski definition) is 0. The van der Waals surface area contributed by atoms with Gasteiger partial charge < -0.3 is 9.64 Å². The quantitative estimate of drug-likeness (QED) is 0.448. The first-order valence-corrected chi connectivity index (χ1v) is 10.6. The van der Waals surface area contributed by atoms with E-state index in [2.05, 4.69) is 10.1 Å². The Hall–Kier alpha value is -4.26. The fourth-order valence-corrected chi connectivity index (χ4v) is 4.13. The predicted octanol–water partition coefficient (Wildman–Crippen LogP) is 4.11. The molecule has 1 unspecified atom stereocenters. The molecule has 0 N–H and O–H groups in total. The molecule has 0 bridgehead atoms. The van der Waals surface area contributed by atoms with E-state index in [1.807, 2.05) is 79.7 Å². The highest BCUT2D eigenvalue weighted by molar-refractivity contribution is 5.99. The third-order valence-electron chi connectivity index (χ3n) is 5.77. The van der Waals surface area contributed by atoms with Crippen LogP contribution in [0.25, 0.3) is 5.69 Å². The summed E-state index contributed by atoms with van der Waals surface area (Å²) < 4.78 is 6.47. The van der Waals surface area contributed by atoms with Crippen molar-refractivity contribution in [2.45, 2.75) is 19.5 Å². The van der Waals surface area contributed by atoms with E-state index in [0.29, 0.717) is 23.6 Å². The summed E-state index contributed by atoms with van der Waals surface area (Å²) in [5, 5.41) is 4.44. The zero-order valence-electron chi connectivity index (χ0n) is 18.3. The van der Waals surface area contributed by atoms with Crippen molar-refractivity contribution in [3.8, 4) is 5.69 Å². The first kappa shape index (κ1) is 20.6. The number of esters is 1. The van der Waals surface area contributed by atoms with Gasteiger partial charge in [0, 0.05) is 6.54 Å². The second-order valence-electron chi connectivity index (χ2n) is 7.95. The fraction of sp³-hybridized carbons (Fsp3) is 0.154. The molecule has 0 saturated carbocycles. The van der Waals surface area contributed by atoms with Crippen molar-refractivity contribution in [3.63, 3.8) is 0 Å². The maximum Gasteiger partial charge on any atom is 0.377 e. The van der Waals surface area contributed by atoms with Gasteiger partial charge in [0.1, 0.15) is 6.04 Å². The summed E-state index contributed by atoms with van der Waals surface area (Å²) in [5.74, 6) is -0.328. The van der Waals surface area contributed by atoms with Crippen LogP contribution in [0.2, 0.25) is 0 Å². The highest BCUT2D eigenvalue weighted by Gasteiger charge is 2.38. The monoisotopic (exact) mass is 438 g/mol. The number of benzene rings is 3. The highest BCUT2D eigenvalue weighted by Crippen LogP contribution is 2.36. The second kappa shape index (κ2) is 8.35. The van der Waals surface area contributed by atoms with Gasteiger partial charge >= 0.3 is 5.97 Å². The maximum absolute atomic E-state index is 13.9. The van der Waals surface area contributed by atoms with Crippen LogP contribution in [0.4, 0.5) is 0 Å². The van der Waals surface area contributed by atoms with E-state index >= 15 is 0 Å². The molecule has 7 heteroatoms. The summed E-state index contributed by atoms with van der Waals surface area (Å²) in [7, 11) is 1.30. The summed E-state index contributed by atoms with van der Waals surface area (Å²) in [6.45, 7) is 2.38. The molecular formula is C26H22N4O3. The Morgan fingerprint density at radius 3 is 2.39 bits per heavy atom. The zero-order valence-corrected chi connectivity index (χ0v) is 18.3. The van der Waals surface area contributed by atoms with E-state index in [1.54, 1.807) is 15.6 Å². The lowest BCUT2D eigenvalue weighted by molar-refractivity contribution is 0.0586. The third kappa shape index (κ3) is 3.67. The Morgan fingerprint density at radius 1 is 0.970 bits per heavy atom. The molecule has 5 rings (SSSR count). The molecule has 1 aromatic heterocycles. The van der Waals surface area contributed by atoms with Crippen LogP contribution in [0.1, 0.15) is 49.5 Å². The van der Waals surface area contributed by atoms with Crippen molar-refractivity contribution in [3.05, 3.63) is 113 Å². The Kier molecular flexibility index (Phi) is 5.22. The van der Waals surface area contributed by atoms with E-state index < -0.39 is 12.0 Å². The number of hydrogen-bond acceptors (Lipinski definition) is 5. The predicted molar refractivity (Wildman–Crippen MR) is 122 cm³/mol. The molecule has 1 aliphatic heterocycles. The summed E-state index contributed by atoms with van der Waals surface area (Å²) in [4.78, 5) is 32.6. The minimum atomic E-state index is -0.628. The van der Waals surface area contributed by atoms with Gasteiger partial charge in [-0.1, -0.05) is 72.3 Å². The molecule has 7 nitrogen and oxygen atoms in total. The molecule has 1 amide bonds. The molecule has 0 fully saturated rings. The van der Waals surface area contributed by atoms with Crippen LogP contribution in [0.5, 0.6) is 0 Å². The van der Waals surface area contributed by atoms with E-state index in [1.165, 1.54) is 7.11 Å². The molecule has 33 heavy (non-hydrogen) atoms. The lowest BCUT2D eigenvalue weighted by Gasteiger charge is -2.30. The Morgan fingerprint density at radius 2 is 1.67 bits per heavy atom. The smallest absolute Gasteiger partial charge is 0.377 e. The molecule has 0 spiro atoms. The average molecular weight is 438 g/mol. The highest BCUT2D eigenvalue weighted by atomic mass is 16.5. The minimum Gasteiger partial charge on any atom is -0.463 e. The van der Waals surface area contributed by atoms with Crippen LogP contribution in [-0.2, 0) is 11.3 Å². The summed E-state index contributed by atoms with van der Waals surface area (Å²) in [5.41, 5.74) is 4.04. The van der Waals surface area contributed by atoms with Gasteiger partial charge in [0.05, 0.1) is 18.4 Å². The molecule has 0 aliphatic carbocycles. The lowest BCUT2D eigenvalue weighted by atomic mass is 10.0. The summed E-state index contributed by atoms with van der Waals surface area (Å²) >= 11 is 0. The number of carbonyl (C=O) groups excluding carboxylic acids is 2. The molecule has 1 aliphatic rings. The lowest BCUT2D eigenvalue weighted by Crippen LogP contribution is -2.34. The number of ether oxygens (including phenoxy) is 1. The zero-order chi connectivity index (χ0) is 22.9. The third-order valence-corrected chi connectivity index (χ3v) is 5.77. The minimum absolute atomic E-state index is 0.0478. The van der Waals surface area contributed by atoms with Crippen LogP contribution in [-0.4, -0.2) is 38.7 Å². The number of aromatic nitrogens is 3. The Bertz CT molecular complexity index is 1330. The first-order chi connectivity index (χ1) is 16.1. The van der Waals surface area contributed by atoms with Gasteiger partial charge in [-0.3, -0.25) is 4.79 Å². The van der Waals surface area contributed by atoms with Crippen LogP contribution in [0, 0.1) is 6.92 Å². The molecule has 0 radical (unpaired) electrons. The van der Waals surface area contributed by atoms with Gasteiger partial charge in [0.15, 0.2) is 5.82 Å². The number of aryl methyl sites for hydroxylation is 1. The van der Waals surface area contributed by atoms with E-state index in [4.69, 9.17) is 4.74 Å². The molecule has 1 atom stereocenters. The van der Waals surface area contributed by atoms with Gasteiger partial charge in [0.2, 0.25) is 0 Å². The molecule has 0 saturated heterocycles. The van der Waals surface area contributed by atoms with Gasteiger partial charge in [0.25, 0.3) is 11.7 Å². The molecule has 4 aromatic rings. The number of methoxy groups -OCH3 is 1. The average Bonchev–Trinajstić information content (AvgIpc) is 3.26. The van der Waals surface area contributed by atoms with Crippen LogP contribution in [0.3, 0.4) is 0 Å². The van der Waals surface area contributed by atoms with Gasteiger partial charge in [-0.05, 0) is 30.2 Å². The van der Waals surface area contributed by atoms with Crippen LogP contribution >= 0.6 is 0 Å². The van der Waals surface area contributed by atoms with Crippen molar-refractivity contribution < 1.29 is 14.3 Å². The number of fused-ring (bicyclic) bond motifs is 3. The van der Waals surface area contributed by atoms with Gasteiger partial charge in [-0.25, -0.2) is 14.5 Å². The normalized spacial score (nSPS) is 14.9. The van der Waals surface area contributed by atoms with Crippen molar-refractivity contribution in [2.24, 2.45) is 0 Å². The van der Waals surface area contributed by atoms with Crippen molar-refractivity contribution >= 4 is 11.9 Å². The summed E-state index contributed by atoms with van der Waals surface area (Å²) in [6.07, 6.45) is 0. The second-order valence-corrected chi connectivity index (χ2v) is 7.95. The van der Waals surface area contributed by atoms with E-state index in [-0.39, 0.29) is 11.7 Å². The standard InChI is InChI=1S/C26H22N4O3/c1-17-12-14-19(15-13-17)22-24-27-23(26(32)33-2)28-30(24)21-11-7-6-10-20(21)25(31)29(22)16-18-8-4-3-5-9-18/h3-15,22H,16H2,1-2H3. The Labute approximate surface area is 191 Å². The van der Waals surface area contributed by atoms with E-state index in [9.17, 15) is 9.59 Å². The van der Waals surface area contributed by atoms with Crippen molar-refractivity contribution in [2.75, 3.05) is 7.11 Å². The molecule has 3 aromatic carbocycles. The van der Waals surface area contributed by atoms with Gasteiger partial charge in [-0.2, -0.15) is 0 Å². The first-order valence-electron chi connectivity index (χ1n) is 10.6. The van der Waals surface area contributed by atoms with Crippen molar-refractivity contribution in [1.29, 1.82) is 0 Å². The largest absolute Gasteiger partial charge is 0.463 e. The molecule has 164 valence electrons. The number of nitrogens with zero attached hydrogens (tertiary/aromatic N) is 4. The van der Waals surface area contributed by atoms with Crippen LogP contribution < -0.4 is 0 Å². The maximum atomic E-state index is 13.9. The van der Waals surface area contributed by atoms with Gasteiger partial charge in [-0.15, -0.1) is 5.10 Å². The van der Waals surface area contributed by atoms with E-state index in [0.717, 1.165) is 16.7 Å². The van der Waals surface area contributed by atoms with Crippen molar-refractivity contribution in [1.82, 2.24) is 19.7 Å². The van der Waals surface area contributed by atoms with Crippen LogP contribution in [0.15, 0.2) is 78.9 Å². The number of rotatable bonds is 4. The molecule has 2 heterocycles. The number of amides is 1. The molecular weight excluding hydrogens is 416 g/mol. The Balaban J connectivity index is 1.77. The summed E-state index contributed by atoms with van der Waals surface area (Å²) in [6, 6.07) is 24.5.